The minimum Gasteiger partial charge on any atom is -0.462 e. The molecule has 0 fully saturated rings. The molecule has 4 heteroatoms. The molecule has 1 N–H and O–H groups in total. The first-order valence-corrected chi connectivity index (χ1v) is 6.72. The molecule has 0 amide bonds. The summed E-state index contributed by atoms with van der Waals surface area (Å²) in [6, 6.07) is 2.05. The second-order valence-electron chi connectivity index (χ2n) is 4.25. The summed E-state index contributed by atoms with van der Waals surface area (Å²) in [4.78, 5) is 0. The standard InChI is InChI=1S/C14H25NO3/c1-4-6-15-10-14-12(3)9-13(18-14)11-17-8-7-16-5-2/h9,15H,4-8,10-11H2,1-3H3. The lowest BCUT2D eigenvalue weighted by Gasteiger charge is -2.02. The van der Waals surface area contributed by atoms with Gasteiger partial charge in [-0.15, -0.1) is 0 Å². The van der Waals surface area contributed by atoms with Crippen LogP contribution < -0.4 is 5.32 Å². The van der Waals surface area contributed by atoms with Gasteiger partial charge in [0.25, 0.3) is 0 Å². The Kier molecular flexibility index (Phi) is 7.73. The average molecular weight is 255 g/mol. The van der Waals surface area contributed by atoms with Crippen molar-refractivity contribution < 1.29 is 13.9 Å². The van der Waals surface area contributed by atoms with Crippen molar-refractivity contribution in [3.63, 3.8) is 0 Å². The van der Waals surface area contributed by atoms with E-state index in [0.717, 1.165) is 37.6 Å². The van der Waals surface area contributed by atoms with Crippen molar-refractivity contribution >= 4 is 0 Å². The van der Waals surface area contributed by atoms with Crippen molar-refractivity contribution in [3.05, 3.63) is 23.2 Å². The molecule has 0 saturated heterocycles. The maximum absolute atomic E-state index is 5.74. The van der Waals surface area contributed by atoms with Gasteiger partial charge in [0.1, 0.15) is 18.1 Å². The van der Waals surface area contributed by atoms with Gasteiger partial charge in [-0.05, 0) is 38.4 Å². The Balaban J connectivity index is 2.27. The minimum absolute atomic E-state index is 0.516. The molecule has 0 radical (unpaired) electrons. The lowest BCUT2D eigenvalue weighted by Crippen LogP contribution is -2.13. The zero-order valence-corrected chi connectivity index (χ0v) is 11.8. The van der Waals surface area contributed by atoms with Gasteiger partial charge in [0, 0.05) is 6.61 Å². The van der Waals surface area contributed by atoms with Crippen molar-refractivity contribution in [2.45, 2.75) is 40.3 Å². The Labute approximate surface area is 110 Å². The Morgan fingerprint density at radius 1 is 1.22 bits per heavy atom. The first kappa shape index (κ1) is 15.2. The van der Waals surface area contributed by atoms with E-state index in [1.54, 1.807) is 0 Å². The Morgan fingerprint density at radius 2 is 2.00 bits per heavy atom. The minimum atomic E-state index is 0.516. The van der Waals surface area contributed by atoms with Crippen molar-refractivity contribution in [2.24, 2.45) is 0 Å². The van der Waals surface area contributed by atoms with Crippen molar-refractivity contribution in [1.82, 2.24) is 5.32 Å². The third-order valence-corrected chi connectivity index (χ3v) is 2.60. The van der Waals surface area contributed by atoms with Crippen LogP contribution in [0.2, 0.25) is 0 Å². The van der Waals surface area contributed by atoms with E-state index in [1.807, 2.05) is 13.0 Å². The molecule has 1 rings (SSSR count). The summed E-state index contributed by atoms with van der Waals surface area (Å²) in [5, 5.41) is 3.33. The van der Waals surface area contributed by atoms with Gasteiger partial charge in [-0.1, -0.05) is 6.92 Å². The van der Waals surface area contributed by atoms with Crippen LogP contribution in [0.5, 0.6) is 0 Å². The highest BCUT2D eigenvalue weighted by atomic mass is 16.5. The van der Waals surface area contributed by atoms with E-state index in [2.05, 4.69) is 19.2 Å². The van der Waals surface area contributed by atoms with Crippen LogP contribution in [0.4, 0.5) is 0 Å². The van der Waals surface area contributed by atoms with Gasteiger partial charge in [0.05, 0.1) is 19.8 Å². The molecular weight excluding hydrogens is 230 g/mol. The van der Waals surface area contributed by atoms with Gasteiger partial charge in [0.15, 0.2) is 0 Å². The molecule has 1 aromatic rings. The van der Waals surface area contributed by atoms with E-state index >= 15 is 0 Å². The summed E-state index contributed by atoms with van der Waals surface area (Å²) in [5.41, 5.74) is 1.18. The number of hydrogen-bond donors (Lipinski definition) is 1. The zero-order chi connectivity index (χ0) is 13.2. The number of nitrogens with one attached hydrogen (secondary N) is 1. The van der Waals surface area contributed by atoms with Crippen molar-refractivity contribution in [2.75, 3.05) is 26.4 Å². The monoisotopic (exact) mass is 255 g/mol. The fourth-order valence-electron chi connectivity index (χ4n) is 1.65. The lowest BCUT2D eigenvalue weighted by molar-refractivity contribution is 0.0387. The molecule has 0 aliphatic carbocycles. The molecule has 0 atom stereocenters. The molecule has 0 unspecified atom stereocenters. The van der Waals surface area contributed by atoms with E-state index in [1.165, 1.54) is 5.56 Å². The van der Waals surface area contributed by atoms with E-state index in [4.69, 9.17) is 13.9 Å². The van der Waals surface area contributed by atoms with Crippen LogP contribution in [-0.2, 0) is 22.6 Å². The highest BCUT2D eigenvalue weighted by molar-refractivity contribution is 5.19. The van der Waals surface area contributed by atoms with E-state index in [-0.39, 0.29) is 0 Å². The van der Waals surface area contributed by atoms with Crippen LogP contribution in [0.15, 0.2) is 10.5 Å². The molecular formula is C14H25NO3. The molecule has 1 heterocycles. The van der Waals surface area contributed by atoms with Gasteiger partial charge in [-0.2, -0.15) is 0 Å². The maximum atomic E-state index is 5.74. The van der Waals surface area contributed by atoms with Crippen LogP contribution >= 0.6 is 0 Å². The molecule has 0 aromatic carbocycles. The zero-order valence-electron chi connectivity index (χ0n) is 11.8. The Hall–Kier alpha value is -0.840. The summed E-state index contributed by atoms with van der Waals surface area (Å²) in [5.74, 6) is 1.89. The lowest BCUT2D eigenvalue weighted by atomic mass is 10.2. The number of rotatable bonds is 10. The molecule has 0 aliphatic rings. The van der Waals surface area contributed by atoms with Crippen LogP contribution in [0.1, 0.15) is 37.4 Å². The number of furan rings is 1. The van der Waals surface area contributed by atoms with Gasteiger partial charge in [-0.25, -0.2) is 0 Å². The van der Waals surface area contributed by atoms with E-state index in [0.29, 0.717) is 19.8 Å². The summed E-state index contributed by atoms with van der Waals surface area (Å²) in [7, 11) is 0. The van der Waals surface area contributed by atoms with Gasteiger partial charge in [-0.3, -0.25) is 0 Å². The van der Waals surface area contributed by atoms with Crippen LogP contribution in [0, 0.1) is 6.92 Å². The number of aryl methyl sites for hydroxylation is 1. The molecule has 18 heavy (non-hydrogen) atoms. The molecule has 0 bridgehead atoms. The Morgan fingerprint density at radius 3 is 2.72 bits per heavy atom. The van der Waals surface area contributed by atoms with Gasteiger partial charge >= 0.3 is 0 Å². The summed E-state index contributed by atoms with van der Waals surface area (Å²) in [6.07, 6.45) is 1.13. The van der Waals surface area contributed by atoms with Crippen molar-refractivity contribution in [3.8, 4) is 0 Å². The maximum Gasteiger partial charge on any atom is 0.130 e. The van der Waals surface area contributed by atoms with Gasteiger partial charge in [0.2, 0.25) is 0 Å². The van der Waals surface area contributed by atoms with Crippen LogP contribution in [-0.4, -0.2) is 26.4 Å². The molecule has 0 spiro atoms. The predicted octanol–water partition coefficient (Wildman–Crippen LogP) is 2.64. The quantitative estimate of drug-likeness (QED) is 0.653. The highest BCUT2D eigenvalue weighted by Gasteiger charge is 2.07. The summed E-state index contributed by atoms with van der Waals surface area (Å²) >= 11 is 0. The second-order valence-corrected chi connectivity index (χ2v) is 4.25. The molecule has 4 nitrogen and oxygen atoms in total. The normalized spacial score (nSPS) is 11.1. The largest absolute Gasteiger partial charge is 0.462 e. The molecule has 104 valence electrons. The van der Waals surface area contributed by atoms with E-state index < -0.39 is 0 Å². The third-order valence-electron chi connectivity index (χ3n) is 2.60. The second kappa shape index (κ2) is 9.14. The summed E-state index contributed by atoms with van der Waals surface area (Å²) < 4.78 is 16.4. The molecule has 0 aliphatic heterocycles. The fraction of sp³-hybridized carbons (Fsp3) is 0.714. The van der Waals surface area contributed by atoms with Crippen LogP contribution in [0.3, 0.4) is 0 Å². The fourth-order valence-corrected chi connectivity index (χ4v) is 1.65. The predicted molar refractivity (Wildman–Crippen MR) is 71.6 cm³/mol. The highest BCUT2D eigenvalue weighted by Crippen LogP contribution is 2.15. The SMILES string of the molecule is CCCNCc1oc(COCCOCC)cc1C. The smallest absolute Gasteiger partial charge is 0.130 e. The third kappa shape index (κ3) is 5.67. The van der Waals surface area contributed by atoms with Crippen molar-refractivity contribution in [1.29, 1.82) is 0 Å². The topological polar surface area (TPSA) is 43.6 Å². The first-order chi connectivity index (χ1) is 8.77. The first-order valence-electron chi connectivity index (χ1n) is 6.72. The average Bonchev–Trinajstić information content (AvgIpc) is 2.70. The van der Waals surface area contributed by atoms with Gasteiger partial charge < -0.3 is 19.2 Å². The molecule has 1 aromatic heterocycles. The molecule has 0 saturated carbocycles. The Bertz CT molecular complexity index is 323. The van der Waals surface area contributed by atoms with E-state index in [9.17, 15) is 0 Å². The number of ether oxygens (including phenoxy) is 2. The van der Waals surface area contributed by atoms with Crippen LogP contribution in [0.25, 0.3) is 0 Å². The number of hydrogen-bond acceptors (Lipinski definition) is 4. The summed E-state index contributed by atoms with van der Waals surface area (Å²) in [6.45, 7) is 10.5.